The summed E-state index contributed by atoms with van der Waals surface area (Å²) in [6.07, 6.45) is 0.826. The van der Waals surface area contributed by atoms with Gasteiger partial charge in [-0.15, -0.1) is 11.3 Å². The molecule has 0 amide bonds. The monoisotopic (exact) mass is 252 g/mol. The Labute approximate surface area is 104 Å². The minimum absolute atomic E-state index is 0.631. The molecule has 0 radical (unpaired) electrons. The van der Waals surface area contributed by atoms with E-state index in [4.69, 9.17) is 17.3 Å². The van der Waals surface area contributed by atoms with Gasteiger partial charge in [-0.2, -0.15) is 0 Å². The number of thiazole rings is 1. The van der Waals surface area contributed by atoms with Gasteiger partial charge in [-0.25, -0.2) is 4.98 Å². The van der Waals surface area contributed by atoms with Gasteiger partial charge in [0.15, 0.2) is 0 Å². The number of benzene rings is 1. The Morgan fingerprint density at radius 1 is 1.38 bits per heavy atom. The molecule has 2 N–H and O–H groups in total. The van der Waals surface area contributed by atoms with Gasteiger partial charge in [0, 0.05) is 16.9 Å². The summed E-state index contributed by atoms with van der Waals surface area (Å²) in [4.78, 5) is 5.81. The maximum absolute atomic E-state index is 6.14. The molecule has 16 heavy (non-hydrogen) atoms. The van der Waals surface area contributed by atoms with Crippen LogP contribution in [0.1, 0.15) is 10.6 Å². The zero-order valence-corrected chi connectivity index (χ0v) is 10.6. The van der Waals surface area contributed by atoms with Crippen LogP contribution in [0, 0.1) is 6.92 Å². The number of hydrogen-bond acceptors (Lipinski definition) is 3. The van der Waals surface area contributed by atoms with Crippen molar-refractivity contribution >= 4 is 22.9 Å². The van der Waals surface area contributed by atoms with Gasteiger partial charge in [-0.3, -0.25) is 0 Å². The van der Waals surface area contributed by atoms with Crippen molar-refractivity contribution in [3.8, 4) is 10.6 Å². The molecule has 0 spiro atoms. The lowest BCUT2D eigenvalue weighted by molar-refractivity contribution is 0.927. The van der Waals surface area contributed by atoms with Crippen LogP contribution < -0.4 is 5.73 Å². The van der Waals surface area contributed by atoms with E-state index in [1.165, 1.54) is 4.88 Å². The normalized spacial score (nSPS) is 10.7. The summed E-state index contributed by atoms with van der Waals surface area (Å²) in [5.74, 6) is 0. The quantitative estimate of drug-likeness (QED) is 0.911. The molecule has 0 atom stereocenters. The number of nitrogens with two attached hydrogens (primary N) is 1. The second kappa shape index (κ2) is 4.95. The molecule has 0 aliphatic carbocycles. The van der Waals surface area contributed by atoms with Crippen LogP contribution in [-0.2, 0) is 6.42 Å². The Kier molecular flexibility index (Phi) is 3.59. The molecule has 0 aliphatic heterocycles. The molecule has 1 aromatic carbocycles. The fourth-order valence-corrected chi connectivity index (χ4v) is 2.83. The lowest BCUT2D eigenvalue weighted by atomic mass is 10.2. The number of rotatable bonds is 3. The van der Waals surface area contributed by atoms with Crippen molar-refractivity contribution in [1.82, 2.24) is 4.98 Å². The van der Waals surface area contributed by atoms with Crippen LogP contribution in [0.5, 0.6) is 0 Å². The molecule has 0 bridgehead atoms. The Morgan fingerprint density at radius 3 is 2.81 bits per heavy atom. The summed E-state index contributed by atoms with van der Waals surface area (Å²) in [5.41, 5.74) is 7.63. The SMILES string of the molecule is Cc1sc(-c2ccccc2Cl)nc1CCN. The number of hydrogen-bond donors (Lipinski definition) is 1. The minimum atomic E-state index is 0.631. The van der Waals surface area contributed by atoms with E-state index in [9.17, 15) is 0 Å². The molecule has 4 heteroatoms. The highest BCUT2D eigenvalue weighted by molar-refractivity contribution is 7.15. The second-order valence-electron chi connectivity index (χ2n) is 3.54. The van der Waals surface area contributed by atoms with Crippen LogP contribution in [0.4, 0.5) is 0 Å². The molecule has 0 unspecified atom stereocenters. The van der Waals surface area contributed by atoms with E-state index in [1.807, 2.05) is 24.3 Å². The minimum Gasteiger partial charge on any atom is -0.330 e. The van der Waals surface area contributed by atoms with Crippen LogP contribution in [0.15, 0.2) is 24.3 Å². The van der Waals surface area contributed by atoms with Crippen LogP contribution in [0.2, 0.25) is 5.02 Å². The summed E-state index contributed by atoms with van der Waals surface area (Å²) in [6.45, 7) is 2.70. The summed E-state index contributed by atoms with van der Waals surface area (Å²) < 4.78 is 0. The molecule has 0 fully saturated rings. The summed E-state index contributed by atoms with van der Waals surface area (Å²) >= 11 is 7.81. The van der Waals surface area contributed by atoms with E-state index in [2.05, 4.69) is 11.9 Å². The van der Waals surface area contributed by atoms with Gasteiger partial charge in [-0.1, -0.05) is 29.8 Å². The third kappa shape index (κ3) is 2.26. The Balaban J connectivity index is 2.42. The highest BCUT2D eigenvalue weighted by atomic mass is 35.5. The largest absolute Gasteiger partial charge is 0.330 e. The zero-order chi connectivity index (χ0) is 11.5. The van der Waals surface area contributed by atoms with E-state index in [0.29, 0.717) is 6.54 Å². The number of halogens is 1. The standard InChI is InChI=1S/C12H13ClN2S/c1-8-11(6-7-14)15-12(16-8)9-4-2-3-5-10(9)13/h2-5H,6-7,14H2,1H3. The third-order valence-corrected chi connectivity index (χ3v) is 3.75. The topological polar surface area (TPSA) is 38.9 Å². The van der Waals surface area contributed by atoms with E-state index in [-0.39, 0.29) is 0 Å². The van der Waals surface area contributed by atoms with Crippen molar-refractivity contribution in [1.29, 1.82) is 0 Å². The maximum Gasteiger partial charge on any atom is 0.125 e. The first kappa shape index (κ1) is 11.6. The Hall–Kier alpha value is -0.900. The predicted molar refractivity (Wildman–Crippen MR) is 70.1 cm³/mol. The highest BCUT2D eigenvalue weighted by Crippen LogP contribution is 2.32. The van der Waals surface area contributed by atoms with Crippen LogP contribution in [-0.4, -0.2) is 11.5 Å². The Bertz CT molecular complexity index is 494. The van der Waals surface area contributed by atoms with Crippen molar-refractivity contribution in [2.75, 3.05) is 6.54 Å². The lowest BCUT2D eigenvalue weighted by Crippen LogP contribution is -2.03. The fourth-order valence-electron chi connectivity index (χ4n) is 1.55. The molecular weight excluding hydrogens is 240 g/mol. The molecule has 84 valence electrons. The number of aryl methyl sites for hydroxylation is 1. The molecule has 0 aliphatic rings. The molecule has 1 heterocycles. The molecule has 2 rings (SSSR count). The van der Waals surface area contributed by atoms with Crippen molar-refractivity contribution in [2.45, 2.75) is 13.3 Å². The summed E-state index contributed by atoms with van der Waals surface area (Å²) in [7, 11) is 0. The van der Waals surface area contributed by atoms with Gasteiger partial charge in [0.05, 0.1) is 10.7 Å². The molecule has 0 saturated carbocycles. The highest BCUT2D eigenvalue weighted by Gasteiger charge is 2.10. The van der Waals surface area contributed by atoms with Gasteiger partial charge in [-0.05, 0) is 19.5 Å². The van der Waals surface area contributed by atoms with Gasteiger partial charge >= 0.3 is 0 Å². The van der Waals surface area contributed by atoms with Crippen molar-refractivity contribution in [2.24, 2.45) is 5.73 Å². The van der Waals surface area contributed by atoms with E-state index in [0.717, 1.165) is 27.7 Å². The number of aromatic nitrogens is 1. The van der Waals surface area contributed by atoms with Crippen molar-refractivity contribution in [3.05, 3.63) is 39.9 Å². The van der Waals surface area contributed by atoms with Gasteiger partial charge in [0.25, 0.3) is 0 Å². The molecule has 1 aromatic heterocycles. The summed E-state index contributed by atoms with van der Waals surface area (Å²) in [5, 5.41) is 1.72. The van der Waals surface area contributed by atoms with Gasteiger partial charge < -0.3 is 5.73 Å². The van der Waals surface area contributed by atoms with Crippen LogP contribution in [0.3, 0.4) is 0 Å². The van der Waals surface area contributed by atoms with E-state index < -0.39 is 0 Å². The second-order valence-corrected chi connectivity index (χ2v) is 5.15. The van der Waals surface area contributed by atoms with Gasteiger partial charge in [0.1, 0.15) is 5.01 Å². The first-order valence-electron chi connectivity index (χ1n) is 5.13. The molecule has 2 nitrogen and oxygen atoms in total. The van der Waals surface area contributed by atoms with Crippen LogP contribution in [0.25, 0.3) is 10.6 Å². The maximum atomic E-state index is 6.14. The third-order valence-electron chi connectivity index (χ3n) is 2.38. The van der Waals surface area contributed by atoms with E-state index >= 15 is 0 Å². The van der Waals surface area contributed by atoms with Crippen LogP contribution >= 0.6 is 22.9 Å². The number of nitrogens with zero attached hydrogens (tertiary/aromatic N) is 1. The van der Waals surface area contributed by atoms with Crippen molar-refractivity contribution in [3.63, 3.8) is 0 Å². The van der Waals surface area contributed by atoms with Gasteiger partial charge in [0.2, 0.25) is 0 Å². The average molecular weight is 253 g/mol. The van der Waals surface area contributed by atoms with E-state index in [1.54, 1.807) is 11.3 Å². The zero-order valence-electron chi connectivity index (χ0n) is 9.03. The first-order chi connectivity index (χ1) is 7.72. The Morgan fingerprint density at radius 2 is 2.12 bits per heavy atom. The average Bonchev–Trinajstić information content (AvgIpc) is 2.61. The van der Waals surface area contributed by atoms with Crippen molar-refractivity contribution < 1.29 is 0 Å². The summed E-state index contributed by atoms with van der Waals surface area (Å²) in [6, 6.07) is 7.77. The molecule has 0 saturated heterocycles. The molecular formula is C12H13ClN2S. The fraction of sp³-hybridized carbons (Fsp3) is 0.250. The molecule has 2 aromatic rings. The smallest absolute Gasteiger partial charge is 0.125 e. The first-order valence-corrected chi connectivity index (χ1v) is 6.33. The lowest BCUT2D eigenvalue weighted by Gasteiger charge is -1.98. The predicted octanol–water partition coefficient (Wildman–Crippen LogP) is 3.27.